The lowest BCUT2D eigenvalue weighted by Gasteiger charge is -1.97. The highest BCUT2D eigenvalue weighted by molar-refractivity contribution is 5.87. The zero-order valence-electron chi connectivity index (χ0n) is 10.8. The third kappa shape index (κ3) is 2.33. The van der Waals surface area contributed by atoms with Crippen molar-refractivity contribution >= 4 is 17.0 Å². The van der Waals surface area contributed by atoms with Gasteiger partial charge < -0.3 is 4.98 Å². The first-order valence-corrected chi connectivity index (χ1v) is 6.06. The molecule has 0 unspecified atom stereocenters. The molecule has 1 aromatic heterocycles. The molecule has 0 saturated heterocycles. The Bertz CT molecular complexity index is 585. The Morgan fingerprint density at radius 3 is 2.82 bits per heavy atom. The molecule has 1 nitrogen and oxygen atoms in total. The number of rotatable bonds is 3. The summed E-state index contributed by atoms with van der Waals surface area (Å²) in [5, 5.41) is 1.34. The molecule has 1 heteroatoms. The monoisotopic (exact) mass is 225 g/mol. The fraction of sp³-hybridized carbons (Fsp3) is 0.250. The Morgan fingerprint density at radius 2 is 2.18 bits per heavy atom. The minimum atomic E-state index is 1.04. The predicted octanol–water partition coefficient (Wildman–Crippen LogP) is 4.63. The Balaban J connectivity index is 2.60. The van der Waals surface area contributed by atoms with Crippen LogP contribution in [0.1, 0.15) is 30.7 Å². The third-order valence-corrected chi connectivity index (χ3v) is 2.98. The van der Waals surface area contributed by atoms with Crippen LogP contribution in [0.25, 0.3) is 17.0 Å². The van der Waals surface area contributed by atoms with E-state index < -0.39 is 0 Å². The molecule has 0 aliphatic carbocycles. The largest absolute Gasteiger partial charge is 0.355 e. The van der Waals surface area contributed by atoms with E-state index in [0.29, 0.717) is 0 Å². The van der Waals surface area contributed by atoms with E-state index in [-0.39, 0.29) is 0 Å². The summed E-state index contributed by atoms with van der Waals surface area (Å²) >= 11 is 0. The molecule has 1 aromatic carbocycles. The maximum atomic E-state index is 3.89. The molecule has 0 bridgehead atoms. The van der Waals surface area contributed by atoms with E-state index in [1.807, 2.05) is 6.92 Å². The van der Waals surface area contributed by atoms with E-state index in [0.717, 1.165) is 12.0 Å². The average molecular weight is 225 g/mol. The van der Waals surface area contributed by atoms with Crippen molar-refractivity contribution in [3.8, 4) is 0 Å². The summed E-state index contributed by atoms with van der Waals surface area (Å²) in [6.07, 6.45) is 5.21. The van der Waals surface area contributed by atoms with Gasteiger partial charge in [0.2, 0.25) is 0 Å². The van der Waals surface area contributed by atoms with Crippen molar-refractivity contribution in [3.05, 3.63) is 53.2 Å². The second-order valence-corrected chi connectivity index (χ2v) is 4.60. The third-order valence-electron chi connectivity index (χ3n) is 2.98. The molecule has 0 fully saturated rings. The molecule has 0 aliphatic rings. The van der Waals surface area contributed by atoms with Crippen molar-refractivity contribution < 1.29 is 0 Å². The number of benzene rings is 1. The zero-order chi connectivity index (χ0) is 12.4. The van der Waals surface area contributed by atoms with E-state index in [1.54, 1.807) is 0 Å². The molecular formula is C16H19N. The maximum Gasteiger partial charge on any atom is 0.0461 e. The van der Waals surface area contributed by atoms with Crippen molar-refractivity contribution in [1.82, 2.24) is 4.98 Å². The summed E-state index contributed by atoms with van der Waals surface area (Å²) in [7, 11) is 0. The Kier molecular flexibility index (Phi) is 3.19. The number of aromatic nitrogens is 1. The van der Waals surface area contributed by atoms with Crippen LogP contribution < -0.4 is 0 Å². The highest BCUT2D eigenvalue weighted by atomic mass is 14.7. The number of aromatic amines is 1. The zero-order valence-corrected chi connectivity index (χ0v) is 10.8. The van der Waals surface area contributed by atoms with Gasteiger partial charge in [0.15, 0.2) is 0 Å². The Hall–Kier alpha value is -1.76. The quantitative estimate of drug-likeness (QED) is 0.733. The van der Waals surface area contributed by atoms with E-state index >= 15 is 0 Å². The molecule has 88 valence electrons. The summed E-state index contributed by atoms with van der Waals surface area (Å²) in [5.74, 6) is 0. The summed E-state index contributed by atoms with van der Waals surface area (Å²) in [5.41, 5.74) is 6.19. The molecule has 2 aromatic rings. The van der Waals surface area contributed by atoms with Gasteiger partial charge in [-0.3, -0.25) is 0 Å². The van der Waals surface area contributed by atoms with Crippen molar-refractivity contribution in [2.45, 2.75) is 27.2 Å². The summed E-state index contributed by atoms with van der Waals surface area (Å²) in [6, 6.07) is 6.55. The summed E-state index contributed by atoms with van der Waals surface area (Å²) in [6.45, 7) is 10.2. The number of fused-ring (bicyclic) bond motifs is 1. The standard InChI is InChI=1S/C16H19N/c1-5-13-14-10-12(4)7-9-16(14)17-15(13)8-6-11(2)3/h6-10,17H,2,5H2,1,3-4H3/b8-6-. The highest BCUT2D eigenvalue weighted by Crippen LogP contribution is 2.25. The lowest BCUT2D eigenvalue weighted by molar-refractivity contribution is 1.14. The second kappa shape index (κ2) is 4.62. The molecule has 1 heterocycles. The second-order valence-electron chi connectivity index (χ2n) is 4.60. The Morgan fingerprint density at radius 1 is 1.41 bits per heavy atom. The van der Waals surface area contributed by atoms with Crippen LogP contribution in [0.2, 0.25) is 0 Å². The van der Waals surface area contributed by atoms with Crippen molar-refractivity contribution in [2.24, 2.45) is 0 Å². The average Bonchev–Trinajstić information content (AvgIpc) is 2.63. The van der Waals surface area contributed by atoms with Gasteiger partial charge in [0.25, 0.3) is 0 Å². The van der Waals surface area contributed by atoms with E-state index in [2.05, 4.69) is 55.8 Å². The van der Waals surface area contributed by atoms with E-state index in [1.165, 1.54) is 27.7 Å². The van der Waals surface area contributed by atoms with Crippen LogP contribution in [-0.4, -0.2) is 4.98 Å². The first-order chi connectivity index (χ1) is 8.11. The molecule has 0 atom stereocenters. The van der Waals surface area contributed by atoms with Gasteiger partial charge in [0.1, 0.15) is 0 Å². The predicted molar refractivity (Wildman–Crippen MR) is 76.3 cm³/mol. The topological polar surface area (TPSA) is 15.8 Å². The smallest absolute Gasteiger partial charge is 0.0461 e. The number of hydrogen-bond acceptors (Lipinski definition) is 0. The first kappa shape index (κ1) is 11.7. The number of H-pyrrole nitrogens is 1. The van der Waals surface area contributed by atoms with Gasteiger partial charge in [0, 0.05) is 16.6 Å². The van der Waals surface area contributed by atoms with Crippen LogP contribution in [0.5, 0.6) is 0 Å². The van der Waals surface area contributed by atoms with E-state index in [9.17, 15) is 0 Å². The molecular weight excluding hydrogens is 206 g/mol. The van der Waals surface area contributed by atoms with Crippen LogP contribution in [0.15, 0.2) is 36.4 Å². The molecule has 0 spiro atoms. The molecule has 0 amide bonds. The number of hydrogen-bond donors (Lipinski definition) is 1. The first-order valence-electron chi connectivity index (χ1n) is 6.06. The van der Waals surface area contributed by atoms with Crippen molar-refractivity contribution in [1.29, 1.82) is 0 Å². The van der Waals surface area contributed by atoms with Crippen molar-refractivity contribution in [2.75, 3.05) is 0 Å². The Labute approximate surface area is 103 Å². The van der Waals surface area contributed by atoms with Crippen molar-refractivity contribution in [3.63, 3.8) is 0 Å². The number of nitrogens with one attached hydrogen (secondary N) is 1. The fourth-order valence-electron chi connectivity index (χ4n) is 2.13. The van der Waals surface area contributed by atoms with Crippen LogP contribution in [0.4, 0.5) is 0 Å². The molecule has 2 rings (SSSR count). The highest BCUT2D eigenvalue weighted by Gasteiger charge is 2.07. The molecule has 0 saturated carbocycles. The maximum absolute atomic E-state index is 3.89. The lowest BCUT2D eigenvalue weighted by Crippen LogP contribution is -1.82. The molecule has 17 heavy (non-hydrogen) atoms. The number of allylic oxidation sites excluding steroid dienone is 2. The SMILES string of the molecule is C=C(C)/C=C\c1[nH]c2ccc(C)cc2c1CC. The van der Waals surface area contributed by atoms with Gasteiger partial charge in [0.05, 0.1) is 0 Å². The van der Waals surface area contributed by atoms with Gasteiger partial charge in [-0.15, -0.1) is 0 Å². The van der Waals surface area contributed by atoms with Gasteiger partial charge in [-0.1, -0.05) is 36.8 Å². The van der Waals surface area contributed by atoms with Gasteiger partial charge >= 0.3 is 0 Å². The fourth-order valence-corrected chi connectivity index (χ4v) is 2.13. The normalized spacial score (nSPS) is 11.5. The molecule has 1 N–H and O–H groups in total. The molecule has 0 radical (unpaired) electrons. The van der Waals surface area contributed by atoms with Gasteiger partial charge in [-0.25, -0.2) is 0 Å². The minimum absolute atomic E-state index is 1.04. The molecule has 0 aliphatic heterocycles. The summed E-state index contributed by atoms with van der Waals surface area (Å²) < 4.78 is 0. The van der Waals surface area contributed by atoms with Gasteiger partial charge in [-0.05, 0) is 44.0 Å². The minimum Gasteiger partial charge on any atom is -0.355 e. The van der Waals surface area contributed by atoms with E-state index in [4.69, 9.17) is 0 Å². The lowest BCUT2D eigenvalue weighted by atomic mass is 10.1. The van der Waals surface area contributed by atoms with Crippen LogP contribution in [0, 0.1) is 6.92 Å². The summed E-state index contributed by atoms with van der Waals surface area (Å²) in [4.78, 5) is 3.47. The van der Waals surface area contributed by atoms with Crippen LogP contribution in [0.3, 0.4) is 0 Å². The number of aryl methyl sites for hydroxylation is 2. The van der Waals surface area contributed by atoms with Crippen LogP contribution >= 0.6 is 0 Å². The van der Waals surface area contributed by atoms with Crippen LogP contribution in [-0.2, 0) is 6.42 Å². The van der Waals surface area contributed by atoms with Gasteiger partial charge in [-0.2, -0.15) is 0 Å².